The van der Waals surface area contributed by atoms with E-state index in [1.165, 1.54) is 0 Å². The first kappa shape index (κ1) is 15.0. The average Bonchev–Trinajstić information content (AvgIpc) is 2.51. The van der Waals surface area contributed by atoms with Gasteiger partial charge in [-0.2, -0.15) is 0 Å². The van der Waals surface area contributed by atoms with E-state index in [1.54, 1.807) is 0 Å². The molecule has 4 nitrogen and oxygen atoms in total. The van der Waals surface area contributed by atoms with Crippen molar-refractivity contribution < 1.29 is 9.47 Å². The Morgan fingerprint density at radius 2 is 1.05 bits per heavy atom. The number of anilines is 2. The Labute approximate surface area is 125 Å². The molecule has 0 spiro atoms. The van der Waals surface area contributed by atoms with Gasteiger partial charge in [0.15, 0.2) is 0 Å². The summed E-state index contributed by atoms with van der Waals surface area (Å²) in [6.45, 7) is 4.08. The molecule has 2 aromatic rings. The Balaban J connectivity index is 2.19. The van der Waals surface area contributed by atoms with Crippen LogP contribution in [0.2, 0.25) is 0 Å². The zero-order valence-electron chi connectivity index (χ0n) is 12.5. The number of benzene rings is 2. The molecular formula is C17H22N2O2. The van der Waals surface area contributed by atoms with Crippen LogP contribution in [-0.2, 0) is 0 Å². The van der Waals surface area contributed by atoms with Gasteiger partial charge in [-0.25, -0.2) is 0 Å². The van der Waals surface area contributed by atoms with Crippen LogP contribution in [0.4, 0.5) is 11.4 Å². The highest BCUT2D eigenvalue weighted by Gasteiger charge is 2.30. The molecule has 0 amide bonds. The molecule has 0 radical (unpaired) electrons. The summed E-state index contributed by atoms with van der Waals surface area (Å²) >= 11 is 0. The molecule has 4 heteroatoms. The predicted octanol–water partition coefficient (Wildman–Crippen LogP) is 3.83. The molecule has 0 bridgehead atoms. The average molecular weight is 286 g/mol. The van der Waals surface area contributed by atoms with Crippen molar-refractivity contribution in [3.63, 3.8) is 0 Å². The Kier molecular flexibility index (Phi) is 4.58. The van der Waals surface area contributed by atoms with Crippen molar-refractivity contribution in [3.05, 3.63) is 48.5 Å². The second-order valence-corrected chi connectivity index (χ2v) is 4.96. The van der Waals surface area contributed by atoms with Gasteiger partial charge in [0.1, 0.15) is 11.5 Å². The van der Waals surface area contributed by atoms with E-state index in [9.17, 15) is 0 Å². The first-order valence-corrected chi connectivity index (χ1v) is 7.16. The molecule has 21 heavy (non-hydrogen) atoms. The molecule has 2 rings (SSSR count). The van der Waals surface area contributed by atoms with Crippen LogP contribution in [0, 0.1) is 0 Å². The van der Waals surface area contributed by atoms with Crippen LogP contribution in [0.15, 0.2) is 48.5 Å². The van der Waals surface area contributed by atoms with Crippen LogP contribution in [0.5, 0.6) is 11.5 Å². The van der Waals surface area contributed by atoms with Gasteiger partial charge in [-0.05, 0) is 48.5 Å². The monoisotopic (exact) mass is 286 g/mol. The van der Waals surface area contributed by atoms with Crippen LogP contribution in [0.1, 0.15) is 26.7 Å². The van der Waals surface area contributed by atoms with E-state index in [4.69, 9.17) is 20.9 Å². The van der Waals surface area contributed by atoms with Crippen molar-refractivity contribution in [1.82, 2.24) is 0 Å². The van der Waals surface area contributed by atoms with E-state index < -0.39 is 5.79 Å². The fourth-order valence-corrected chi connectivity index (χ4v) is 2.06. The summed E-state index contributed by atoms with van der Waals surface area (Å²) in [5.74, 6) is 0.776. The maximum atomic E-state index is 6.08. The van der Waals surface area contributed by atoms with Gasteiger partial charge in [-0.1, -0.05) is 13.8 Å². The lowest BCUT2D eigenvalue weighted by atomic mass is 10.1. The molecule has 2 aromatic carbocycles. The molecule has 0 saturated carbocycles. The van der Waals surface area contributed by atoms with E-state index >= 15 is 0 Å². The molecule has 0 unspecified atom stereocenters. The van der Waals surface area contributed by atoms with E-state index in [0.717, 1.165) is 24.3 Å². The van der Waals surface area contributed by atoms with Crippen LogP contribution in [0.3, 0.4) is 0 Å². The number of hydrogen-bond acceptors (Lipinski definition) is 4. The summed E-state index contributed by atoms with van der Waals surface area (Å²) in [7, 11) is 0. The van der Waals surface area contributed by atoms with Crippen molar-refractivity contribution in [3.8, 4) is 11.5 Å². The topological polar surface area (TPSA) is 70.5 Å². The Bertz CT molecular complexity index is 511. The van der Waals surface area contributed by atoms with Crippen molar-refractivity contribution >= 4 is 11.4 Å². The number of rotatable bonds is 6. The first-order chi connectivity index (χ1) is 10.1. The summed E-state index contributed by atoms with van der Waals surface area (Å²) in [6, 6.07) is 14.7. The van der Waals surface area contributed by atoms with Crippen molar-refractivity contribution in [2.45, 2.75) is 32.5 Å². The minimum absolute atomic E-state index is 0.702. The lowest BCUT2D eigenvalue weighted by molar-refractivity contribution is -0.118. The van der Waals surface area contributed by atoms with Gasteiger partial charge in [0, 0.05) is 24.2 Å². The Morgan fingerprint density at radius 1 is 0.714 bits per heavy atom. The van der Waals surface area contributed by atoms with E-state index in [2.05, 4.69) is 0 Å². The van der Waals surface area contributed by atoms with Gasteiger partial charge < -0.3 is 20.9 Å². The first-order valence-electron chi connectivity index (χ1n) is 7.16. The van der Waals surface area contributed by atoms with Crippen molar-refractivity contribution in [1.29, 1.82) is 0 Å². The smallest absolute Gasteiger partial charge is 0.250 e. The molecule has 112 valence electrons. The molecule has 0 saturated heterocycles. The van der Waals surface area contributed by atoms with Crippen LogP contribution in [0.25, 0.3) is 0 Å². The highest BCUT2D eigenvalue weighted by Crippen LogP contribution is 2.29. The highest BCUT2D eigenvalue weighted by atomic mass is 16.7. The molecule has 4 N–H and O–H groups in total. The van der Waals surface area contributed by atoms with E-state index in [-0.39, 0.29) is 0 Å². The van der Waals surface area contributed by atoms with E-state index in [0.29, 0.717) is 11.4 Å². The number of ether oxygens (including phenoxy) is 2. The van der Waals surface area contributed by atoms with Crippen molar-refractivity contribution in [2.75, 3.05) is 11.5 Å². The fraction of sp³-hybridized carbons (Fsp3) is 0.294. The number of nitrogen functional groups attached to an aromatic ring is 2. The minimum atomic E-state index is -0.702. The second kappa shape index (κ2) is 6.39. The molecule has 0 atom stereocenters. The highest BCUT2D eigenvalue weighted by molar-refractivity contribution is 5.42. The molecule has 0 aromatic heterocycles. The molecule has 0 fully saturated rings. The maximum absolute atomic E-state index is 6.08. The van der Waals surface area contributed by atoms with Gasteiger partial charge in [0.05, 0.1) is 0 Å². The van der Waals surface area contributed by atoms with Gasteiger partial charge in [-0.15, -0.1) is 0 Å². The fourth-order valence-electron chi connectivity index (χ4n) is 2.06. The molecule has 0 heterocycles. The van der Waals surface area contributed by atoms with Gasteiger partial charge in [0.2, 0.25) is 0 Å². The molecule has 0 aliphatic carbocycles. The molecular weight excluding hydrogens is 264 g/mol. The van der Waals surface area contributed by atoms with Crippen LogP contribution >= 0.6 is 0 Å². The van der Waals surface area contributed by atoms with Gasteiger partial charge in [0.25, 0.3) is 5.79 Å². The van der Waals surface area contributed by atoms with Crippen LogP contribution in [-0.4, -0.2) is 5.79 Å². The Hall–Kier alpha value is -2.36. The van der Waals surface area contributed by atoms with Gasteiger partial charge >= 0.3 is 0 Å². The third-order valence-corrected chi connectivity index (χ3v) is 3.45. The summed E-state index contributed by atoms with van der Waals surface area (Å²) in [6.07, 6.45) is 1.44. The minimum Gasteiger partial charge on any atom is -0.452 e. The third-order valence-electron chi connectivity index (χ3n) is 3.45. The van der Waals surface area contributed by atoms with E-state index in [1.807, 2.05) is 62.4 Å². The SMILES string of the molecule is CCC(CC)(Oc1ccc(N)cc1)Oc1ccc(N)cc1. The van der Waals surface area contributed by atoms with Crippen molar-refractivity contribution in [2.24, 2.45) is 0 Å². The number of hydrogen-bond donors (Lipinski definition) is 2. The second-order valence-electron chi connectivity index (χ2n) is 4.96. The normalized spacial score (nSPS) is 11.1. The lowest BCUT2D eigenvalue weighted by Gasteiger charge is -2.33. The Morgan fingerprint density at radius 3 is 1.33 bits per heavy atom. The lowest BCUT2D eigenvalue weighted by Crippen LogP contribution is -2.41. The standard InChI is InChI=1S/C17H22N2O2/c1-3-17(4-2,20-15-9-5-13(18)6-10-15)21-16-11-7-14(19)8-12-16/h5-12H,3-4,18-19H2,1-2H3. The predicted molar refractivity (Wildman–Crippen MR) is 86.3 cm³/mol. The van der Waals surface area contributed by atoms with Gasteiger partial charge in [-0.3, -0.25) is 0 Å². The van der Waals surface area contributed by atoms with Crippen LogP contribution < -0.4 is 20.9 Å². The summed E-state index contributed by atoms with van der Waals surface area (Å²) in [5, 5.41) is 0. The number of nitrogens with two attached hydrogens (primary N) is 2. The quantitative estimate of drug-likeness (QED) is 0.625. The zero-order chi connectivity index (χ0) is 15.3. The zero-order valence-corrected chi connectivity index (χ0v) is 12.5. The largest absolute Gasteiger partial charge is 0.452 e. The molecule has 0 aliphatic heterocycles. The maximum Gasteiger partial charge on any atom is 0.250 e. The third kappa shape index (κ3) is 3.81. The summed E-state index contributed by atoms with van der Waals surface area (Å²) < 4.78 is 12.2. The summed E-state index contributed by atoms with van der Waals surface area (Å²) in [5.41, 5.74) is 12.8. The summed E-state index contributed by atoms with van der Waals surface area (Å²) in [4.78, 5) is 0. The molecule has 0 aliphatic rings.